The molecule has 0 bridgehead atoms. The number of hydrogen-bond acceptors (Lipinski definition) is 2. The largest absolute Gasteiger partial charge is 0.301 e. The Kier molecular flexibility index (Phi) is 5.50. The zero-order valence-corrected chi connectivity index (χ0v) is 14.3. The zero-order chi connectivity index (χ0) is 14.5. The van der Waals surface area contributed by atoms with Gasteiger partial charge in [0.2, 0.25) is 0 Å². The minimum atomic E-state index is 0.896. The molecule has 1 unspecified atom stereocenters. The van der Waals surface area contributed by atoms with Gasteiger partial charge in [-0.25, -0.2) is 0 Å². The van der Waals surface area contributed by atoms with Crippen molar-refractivity contribution in [3.8, 4) is 0 Å². The van der Waals surface area contributed by atoms with Crippen LogP contribution in [0.4, 0.5) is 0 Å². The number of benzene rings is 1. The second-order valence-electron chi connectivity index (χ2n) is 6.35. The number of allylic oxidation sites excluding steroid dienone is 2. The molecule has 1 atom stereocenters. The molecular weight excluding hydrogens is 324 g/mol. The van der Waals surface area contributed by atoms with Gasteiger partial charge in [-0.2, -0.15) is 0 Å². The van der Waals surface area contributed by atoms with Crippen LogP contribution >= 0.6 is 15.9 Å². The second kappa shape index (κ2) is 7.57. The van der Waals surface area contributed by atoms with Gasteiger partial charge in [-0.3, -0.25) is 4.90 Å². The summed E-state index contributed by atoms with van der Waals surface area (Å²) < 4.78 is 1.16. The van der Waals surface area contributed by atoms with E-state index in [0.717, 1.165) is 16.9 Å². The Labute approximate surface area is 136 Å². The Balaban J connectivity index is 1.42. The molecule has 21 heavy (non-hydrogen) atoms. The maximum absolute atomic E-state index is 3.50. The van der Waals surface area contributed by atoms with Crippen LogP contribution in [-0.4, -0.2) is 42.5 Å². The van der Waals surface area contributed by atoms with Crippen LogP contribution in [0.1, 0.15) is 24.8 Å². The quantitative estimate of drug-likeness (QED) is 0.760. The van der Waals surface area contributed by atoms with Gasteiger partial charge >= 0.3 is 0 Å². The lowest BCUT2D eigenvalue weighted by molar-refractivity contribution is 0.111. The van der Waals surface area contributed by atoms with Crippen molar-refractivity contribution in [3.05, 3.63) is 46.5 Å². The summed E-state index contributed by atoms with van der Waals surface area (Å²) in [5.74, 6) is 0.896. The fraction of sp³-hybridized carbons (Fsp3) is 0.556. The normalized spacial score (nSPS) is 24.3. The molecule has 1 heterocycles. The molecule has 1 aliphatic heterocycles. The van der Waals surface area contributed by atoms with E-state index in [2.05, 4.69) is 62.1 Å². The highest BCUT2D eigenvalue weighted by Gasteiger charge is 2.20. The van der Waals surface area contributed by atoms with E-state index >= 15 is 0 Å². The molecule has 3 heteroatoms. The average molecular weight is 349 g/mol. The van der Waals surface area contributed by atoms with Crippen LogP contribution in [-0.2, 0) is 6.54 Å². The third-order valence-electron chi connectivity index (χ3n) is 4.68. The molecular formula is C18H25BrN2. The van der Waals surface area contributed by atoms with Gasteiger partial charge in [0.05, 0.1) is 0 Å². The van der Waals surface area contributed by atoms with Crippen molar-refractivity contribution in [1.82, 2.24) is 9.80 Å². The third-order valence-corrected chi connectivity index (χ3v) is 5.21. The molecule has 0 saturated carbocycles. The summed E-state index contributed by atoms with van der Waals surface area (Å²) >= 11 is 3.50. The van der Waals surface area contributed by atoms with Crippen molar-refractivity contribution < 1.29 is 0 Å². The van der Waals surface area contributed by atoms with Crippen molar-refractivity contribution >= 4 is 15.9 Å². The first-order chi connectivity index (χ1) is 10.3. The minimum Gasteiger partial charge on any atom is -0.301 e. The summed E-state index contributed by atoms with van der Waals surface area (Å²) in [7, 11) is 0. The van der Waals surface area contributed by atoms with Crippen LogP contribution < -0.4 is 0 Å². The van der Waals surface area contributed by atoms with Crippen LogP contribution in [0.25, 0.3) is 0 Å². The van der Waals surface area contributed by atoms with Gasteiger partial charge in [0.15, 0.2) is 0 Å². The van der Waals surface area contributed by atoms with E-state index in [1.54, 1.807) is 0 Å². The molecule has 1 aromatic carbocycles. The Hall–Kier alpha value is -0.640. The molecule has 114 valence electrons. The predicted molar refractivity (Wildman–Crippen MR) is 92.3 cm³/mol. The van der Waals surface area contributed by atoms with Crippen LogP contribution in [0, 0.1) is 5.92 Å². The molecule has 0 N–H and O–H groups in total. The first-order valence-electron chi connectivity index (χ1n) is 8.14. The van der Waals surface area contributed by atoms with Gasteiger partial charge in [-0.05, 0) is 42.9 Å². The van der Waals surface area contributed by atoms with Gasteiger partial charge in [0.1, 0.15) is 0 Å². The van der Waals surface area contributed by atoms with Gasteiger partial charge < -0.3 is 4.90 Å². The van der Waals surface area contributed by atoms with E-state index in [9.17, 15) is 0 Å². The molecule has 2 aliphatic rings. The molecule has 1 aliphatic carbocycles. The van der Waals surface area contributed by atoms with Crippen molar-refractivity contribution in [1.29, 1.82) is 0 Å². The fourth-order valence-electron chi connectivity index (χ4n) is 3.37. The van der Waals surface area contributed by atoms with Crippen molar-refractivity contribution in [3.63, 3.8) is 0 Å². The monoisotopic (exact) mass is 348 g/mol. The lowest BCUT2D eigenvalue weighted by Gasteiger charge is -2.36. The van der Waals surface area contributed by atoms with E-state index in [0.29, 0.717) is 0 Å². The van der Waals surface area contributed by atoms with E-state index < -0.39 is 0 Å². The molecule has 3 rings (SSSR count). The van der Waals surface area contributed by atoms with Crippen LogP contribution in [0.2, 0.25) is 0 Å². The number of rotatable bonds is 4. The maximum atomic E-state index is 3.50. The summed E-state index contributed by atoms with van der Waals surface area (Å²) in [5, 5.41) is 0. The number of nitrogens with zero attached hydrogens (tertiary/aromatic N) is 2. The minimum absolute atomic E-state index is 0.896. The highest BCUT2D eigenvalue weighted by atomic mass is 79.9. The van der Waals surface area contributed by atoms with Crippen molar-refractivity contribution in [2.75, 3.05) is 32.7 Å². The number of piperazine rings is 1. The predicted octanol–water partition coefficient (Wildman–Crippen LogP) is 3.92. The van der Waals surface area contributed by atoms with Gasteiger partial charge in [0, 0.05) is 43.7 Å². The summed E-state index contributed by atoms with van der Waals surface area (Å²) in [5.41, 5.74) is 1.42. The van der Waals surface area contributed by atoms with Crippen LogP contribution in [0.3, 0.4) is 0 Å². The summed E-state index contributed by atoms with van der Waals surface area (Å²) in [6.07, 6.45) is 8.67. The number of halogens is 1. The zero-order valence-electron chi connectivity index (χ0n) is 12.7. The molecule has 1 saturated heterocycles. The smallest absolute Gasteiger partial charge is 0.0234 e. The van der Waals surface area contributed by atoms with E-state index in [1.165, 1.54) is 57.5 Å². The Morgan fingerprint density at radius 3 is 2.33 bits per heavy atom. The standard InChI is InChI=1S/C18H25BrN2/c19-18-8-6-17(7-9-18)15-21-12-10-20(11-13-21)14-16-4-2-1-3-5-16/h1-2,6-9,16H,3-5,10-15H2. The first-order valence-corrected chi connectivity index (χ1v) is 8.93. The Morgan fingerprint density at radius 1 is 0.952 bits per heavy atom. The average Bonchev–Trinajstić information content (AvgIpc) is 2.53. The lowest BCUT2D eigenvalue weighted by atomic mass is 9.94. The summed E-state index contributed by atoms with van der Waals surface area (Å²) in [6, 6.07) is 8.74. The van der Waals surface area contributed by atoms with Gasteiger partial charge in [-0.15, -0.1) is 0 Å². The van der Waals surface area contributed by atoms with Crippen molar-refractivity contribution in [2.24, 2.45) is 5.92 Å². The molecule has 1 fully saturated rings. The van der Waals surface area contributed by atoms with Crippen molar-refractivity contribution in [2.45, 2.75) is 25.8 Å². The second-order valence-corrected chi connectivity index (χ2v) is 7.27. The van der Waals surface area contributed by atoms with Gasteiger partial charge in [-0.1, -0.05) is 40.2 Å². The molecule has 2 nitrogen and oxygen atoms in total. The third kappa shape index (κ3) is 4.67. The SMILES string of the molecule is Brc1ccc(CN2CCN(CC3CC=CCC3)CC2)cc1. The molecule has 0 aromatic heterocycles. The highest BCUT2D eigenvalue weighted by Crippen LogP contribution is 2.20. The van der Waals surface area contributed by atoms with Gasteiger partial charge in [0.25, 0.3) is 0 Å². The molecule has 0 amide bonds. The lowest BCUT2D eigenvalue weighted by Crippen LogP contribution is -2.47. The first kappa shape index (κ1) is 15.3. The molecule has 0 spiro atoms. The molecule has 1 aromatic rings. The van der Waals surface area contributed by atoms with E-state index in [1.807, 2.05) is 0 Å². The van der Waals surface area contributed by atoms with Crippen LogP contribution in [0.5, 0.6) is 0 Å². The Morgan fingerprint density at radius 2 is 1.67 bits per heavy atom. The topological polar surface area (TPSA) is 6.48 Å². The fourth-order valence-corrected chi connectivity index (χ4v) is 3.63. The Bertz CT molecular complexity index is 461. The highest BCUT2D eigenvalue weighted by molar-refractivity contribution is 9.10. The van der Waals surface area contributed by atoms with E-state index in [-0.39, 0.29) is 0 Å². The number of hydrogen-bond donors (Lipinski definition) is 0. The summed E-state index contributed by atoms with van der Waals surface area (Å²) in [6.45, 7) is 7.27. The van der Waals surface area contributed by atoms with E-state index in [4.69, 9.17) is 0 Å². The summed E-state index contributed by atoms with van der Waals surface area (Å²) in [4.78, 5) is 5.25. The van der Waals surface area contributed by atoms with Crippen LogP contribution in [0.15, 0.2) is 40.9 Å². The molecule has 0 radical (unpaired) electrons. The maximum Gasteiger partial charge on any atom is 0.0234 e.